The number of hydrogen-bond donors (Lipinski definition) is 2. The Morgan fingerprint density at radius 2 is 1.82 bits per heavy atom. The van der Waals surface area contributed by atoms with E-state index in [0.717, 1.165) is 50.0 Å². The van der Waals surface area contributed by atoms with Crippen LogP contribution in [0.3, 0.4) is 0 Å². The topological polar surface area (TPSA) is 106 Å². The summed E-state index contributed by atoms with van der Waals surface area (Å²) in [6, 6.07) is 11.0. The van der Waals surface area contributed by atoms with Gasteiger partial charge in [0.25, 0.3) is 5.91 Å². The van der Waals surface area contributed by atoms with Gasteiger partial charge in [0.2, 0.25) is 5.78 Å². The normalized spacial score (nSPS) is 18.5. The fourth-order valence-corrected chi connectivity index (χ4v) is 5.19. The maximum atomic E-state index is 14.7. The monoisotopic (exact) mass is 534 g/mol. The summed E-state index contributed by atoms with van der Waals surface area (Å²) in [5.41, 5.74) is 2.14. The van der Waals surface area contributed by atoms with Gasteiger partial charge in [-0.2, -0.15) is 5.10 Å². The van der Waals surface area contributed by atoms with Crippen molar-refractivity contribution in [2.24, 2.45) is 0 Å². The molecule has 3 aliphatic rings. The van der Waals surface area contributed by atoms with Crippen molar-refractivity contribution in [1.29, 1.82) is 0 Å². The third kappa shape index (κ3) is 5.53. The molecule has 3 heterocycles. The van der Waals surface area contributed by atoms with E-state index >= 15 is 0 Å². The van der Waals surface area contributed by atoms with Gasteiger partial charge in [-0.05, 0) is 62.5 Å². The molecule has 0 spiro atoms. The average Bonchev–Trinajstić information content (AvgIpc) is 3.45. The van der Waals surface area contributed by atoms with E-state index in [1.54, 1.807) is 24.3 Å². The number of Topliss-reactive ketones (excluding diaryl/α,β-unsaturated/α-hetero) is 1. The van der Waals surface area contributed by atoms with Crippen molar-refractivity contribution in [1.82, 2.24) is 20.0 Å². The first-order chi connectivity index (χ1) is 19.0. The molecule has 1 saturated heterocycles. The number of carbonyl (C=O) groups is 2. The van der Waals surface area contributed by atoms with Gasteiger partial charge in [-0.25, -0.2) is 4.39 Å². The Morgan fingerprint density at radius 3 is 2.56 bits per heavy atom. The fraction of sp³-hybridized carbons (Fsp3) is 0.414. The van der Waals surface area contributed by atoms with E-state index in [9.17, 15) is 19.1 Å². The Kier molecular flexibility index (Phi) is 7.05. The second kappa shape index (κ2) is 10.8. The number of hydrogen-bond acceptors (Lipinski definition) is 7. The summed E-state index contributed by atoms with van der Waals surface area (Å²) in [5.74, 6) is -1.97. The molecule has 204 valence electrons. The maximum Gasteiger partial charge on any atom is 0.292 e. The highest BCUT2D eigenvalue weighted by Gasteiger charge is 2.31. The second-order valence-electron chi connectivity index (χ2n) is 10.4. The first-order valence-corrected chi connectivity index (χ1v) is 13.5. The van der Waals surface area contributed by atoms with Crippen LogP contribution in [0.2, 0.25) is 0 Å². The lowest BCUT2D eigenvalue weighted by atomic mass is 9.99. The number of nitrogens with zero attached hydrogens (tertiary/aromatic N) is 3. The zero-order chi connectivity index (χ0) is 26.9. The zero-order valence-corrected chi connectivity index (χ0v) is 21.5. The highest BCUT2D eigenvalue weighted by Crippen LogP contribution is 2.37. The van der Waals surface area contributed by atoms with Crippen LogP contribution >= 0.6 is 0 Å². The quantitative estimate of drug-likeness (QED) is 0.321. The number of rotatable bonds is 9. The van der Waals surface area contributed by atoms with Crippen molar-refractivity contribution in [3.05, 3.63) is 65.6 Å². The minimum atomic E-state index is -1.27. The van der Waals surface area contributed by atoms with Crippen LogP contribution in [0.1, 0.15) is 53.8 Å². The summed E-state index contributed by atoms with van der Waals surface area (Å²) in [6.07, 6.45) is 5.00. The van der Waals surface area contributed by atoms with Gasteiger partial charge in [0.15, 0.2) is 17.3 Å². The van der Waals surface area contributed by atoms with Crippen LogP contribution in [0.15, 0.2) is 48.7 Å². The molecule has 1 amide bonds. The number of nitrogens with one attached hydrogen (secondary N) is 1. The third-order valence-electron chi connectivity index (χ3n) is 7.49. The molecule has 3 aromatic rings. The molecule has 2 aliphatic heterocycles. The minimum absolute atomic E-state index is 0.00950. The highest BCUT2D eigenvalue weighted by atomic mass is 19.1. The van der Waals surface area contributed by atoms with E-state index in [1.807, 2.05) is 16.9 Å². The lowest BCUT2D eigenvalue weighted by Gasteiger charge is -2.29. The Labute approximate surface area is 225 Å². The third-order valence-corrected chi connectivity index (χ3v) is 7.49. The number of ether oxygens (including phenoxy) is 2. The van der Waals surface area contributed by atoms with E-state index in [4.69, 9.17) is 9.47 Å². The fourth-order valence-electron chi connectivity index (χ4n) is 5.19. The molecule has 1 aromatic heterocycles. The average molecular weight is 535 g/mol. The number of aliphatic hydroxyl groups is 1. The molecule has 6 rings (SSSR count). The number of carbonyl (C=O) groups excluding carboxylic acids is 2. The number of amides is 1. The molecular weight excluding hydrogens is 503 g/mol. The van der Waals surface area contributed by atoms with Gasteiger partial charge >= 0.3 is 0 Å². The summed E-state index contributed by atoms with van der Waals surface area (Å²) < 4.78 is 27.5. The molecule has 2 aromatic carbocycles. The van der Waals surface area contributed by atoms with E-state index < -0.39 is 29.7 Å². The molecule has 1 saturated carbocycles. The Balaban J connectivity index is 1.18. The van der Waals surface area contributed by atoms with Crippen LogP contribution in [0.25, 0.3) is 11.3 Å². The first-order valence-electron chi connectivity index (χ1n) is 13.5. The Bertz CT molecular complexity index is 1360. The van der Waals surface area contributed by atoms with Gasteiger partial charge in [0, 0.05) is 23.9 Å². The van der Waals surface area contributed by atoms with Crippen molar-refractivity contribution in [3.63, 3.8) is 0 Å². The first kappa shape index (κ1) is 25.5. The van der Waals surface area contributed by atoms with Gasteiger partial charge in [-0.3, -0.25) is 14.3 Å². The number of halogens is 1. The molecular formula is C29H31FN4O5. The van der Waals surface area contributed by atoms with Gasteiger partial charge in [-0.15, -0.1) is 0 Å². The second-order valence-corrected chi connectivity index (χ2v) is 10.4. The Morgan fingerprint density at radius 1 is 1.08 bits per heavy atom. The summed E-state index contributed by atoms with van der Waals surface area (Å²) in [7, 11) is 0. The standard InChI is InChI=1S/C29H31FN4O5/c30-22-15-20(16-25-28(22)39-14-13-38-25)26(35)24(17-33-10-1-2-11-33)31-29(37)27(36)19-5-3-18(4-6-19)23-9-12-34(32-23)21-7-8-21/h3-6,9,12,15-16,21,24,26,35H,1-2,7-8,10-11,13-14,17H2,(H,31,37)/t24-,26-/m1/s1. The molecule has 39 heavy (non-hydrogen) atoms. The van der Waals surface area contributed by atoms with Crippen LogP contribution < -0.4 is 14.8 Å². The van der Waals surface area contributed by atoms with Crippen molar-refractivity contribution in [3.8, 4) is 22.8 Å². The van der Waals surface area contributed by atoms with Gasteiger partial charge in [0.1, 0.15) is 19.3 Å². The number of likely N-dealkylation sites (tertiary alicyclic amines) is 1. The summed E-state index contributed by atoms with van der Waals surface area (Å²) in [6.45, 7) is 2.47. The number of aliphatic hydroxyl groups excluding tert-OH is 1. The molecule has 0 unspecified atom stereocenters. The number of benzene rings is 2. The molecule has 10 heteroatoms. The summed E-state index contributed by atoms with van der Waals surface area (Å²) in [4.78, 5) is 28.2. The van der Waals surface area contributed by atoms with Crippen LogP contribution in [-0.4, -0.2) is 70.4 Å². The maximum absolute atomic E-state index is 14.7. The van der Waals surface area contributed by atoms with Crippen molar-refractivity contribution >= 4 is 11.7 Å². The molecule has 0 bridgehead atoms. The Hall–Kier alpha value is -3.76. The lowest BCUT2D eigenvalue weighted by molar-refractivity contribution is -0.118. The number of aromatic nitrogens is 2. The van der Waals surface area contributed by atoms with E-state index in [2.05, 4.69) is 15.3 Å². The number of ketones is 1. The van der Waals surface area contributed by atoms with Gasteiger partial charge < -0.3 is 24.8 Å². The predicted molar refractivity (Wildman–Crippen MR) is 140 cm³/mol. The molecule has 2 N–H and O–H groups in total. The minimum Gasteiger partial charge on any atom is -0.486 e. The van der Waals surface area contributed by atoms with Gasteiger partial charge in [0.05, 0.1) is 17.8 Å². The van der Waals surface area contributed by atoms with E-state index in [1.165, 1.54) is 12.1 Å². The molecule has 0 radical (unpaired) electrons. The van der Waals surface area contributed by atoms with Crippen LogP contribution in [0, 0.1) is 5.82 Å². The van der Waals surface area contributed by atoms with Crippen molar-refractivity contribution in [2.75, 3.05) is 32.8 Å². The molecule has 1 aliphatic carbocycles. The molecule has 2 atom stereocenters. The number of fused-ring (bicyclic) bond motifs is 1. The predicted octanol–water partition coefficient (Wildman–Crippen LogP) is 3.29. The van der Waals surface area contributed by atoms with E-state index in [0.29, 0.717) is 12.6 Å². The van der Waals surface area contributed by atoms with Crippen LogP contribution in [0.4, 0.5) is 4.39 Å². The SMILES string of the molecule is O=C(N[C@H](CN1CCCC1)[C@H](O)c1cc(F)c2c(c1)OCCO2)C(=O)c1ccc(-c2ccn(C3CC3)n2)cc1. The lowest BCUT2D eigenvalue weighted by Crippen LogP contribution is -2.48. The van der Waals surface area contributed by atoms with Gasteiger partial charge in [-0.1, -0.05) is 24.3 Å². The van der Waals surface area contributed by atoms with Crippen molar-refractivity contribution < 1.29 is 28.6 Å². The molecule has 2 fully saturated rings. The smallest absolute Gasteiger partial charge is 0.292 e. The highest BCUT2D eigenvalue weighted by molar-refractivity contribution is 6.42. The van der Waals surface area contributed by atoms with Crippen molar-refractivity contribution in [2.45, 2.75) is 43.9 Å². The largest absolute Gasteiger partial charge is 0.486 e. The van der Waals surface area contributed by atoms with Crippen LogP contribution in [0.5, 0.6) is 11.5 Å². The molecule has 9 nitrogen and oxygen atoms in total. The summed E-state index contributed by atoms with van der Waals surface area (Å²) in [5, 5.41) is 18.6. The zero-order valence-electron chi connectivity index (χ0n) is 21.5. The van der Waals surface area contributed by atoms with E-state index in [-0.39, 0.29) is 35.8 Å². The van der Waals surface area contributed by atoms with Crippen LogP contribution in [-0.2, 0) is 4.79 Å². The summed E-state index contributed by atoms with van der Waals surface area (Å²) >= 11 is 0.